The highest BCUT2D eigenvalue weighted by molar-refractivity contribution is 7.99. The van der Waals surface area contributed by atoms with Crippen LogP contribution in [0.25, 0.3) is 11.1 Å². The molecule has 0 saturated heterocycles. The minimum absolute atomic E-state index is 0.273. The third kappa shape index (κ3) is 6.48. The molecular weight excluding hydrogens is 388 g/mol. The topological polar surface area (TPSA) is 45.1 Å². The molecule has 0 atom stereocenters. The van der Waals surface area contributed by atoms with Crippen LogP contribution in [0.5, 0.6) is 5.75 Å². The van der Waals surface area contributed by atoms with E-state index in [1.54, 1.807) is 23.9 Å². The third-order valence-corrected chi connectivity index (χ3v) is 5.51. The summed E-state index contributed by atoms with van der Waals surface area (Å²) < 4.78 is 0. The maximum absolute atomic E-state index is 9.72. The summed E-state index contributed by atoms with van der Waals surface area (Å²) in [4.78, 5) is 4.68. The number of hydrogen-bond donors (Lipinski definition) is 2. The quantitative estimate of drug-likeness (QED) is 0.248. The van der Waals surface area contributed by atoms with Crippen molar-refractivity contribution in [1.82, 2.24) is 10.3 Å². The van der Waals surface area contributed by atoms with Crippen LogP contribution in [0.3, 0.4) is 0 Å². The summed E-state index contributed by atoms with van der Waals surface area (Å²) in [7, 11) is 1.96. The number of hydrogen-bond acceptors (Lipinski definition) is 4. The number of allylic oxidation sites excluding steroid dienone is 1. The maximum atomic E-state index is 9.72. The Balaban J connectivity index is 0.00000155. The zero-order chi connectivity index (χ0) is 21.8. The van der Waals surface area contributed by atoms with Crippen molar-refractivity contribution in [2.24, 2.45) is 0 Å². The van der Waals surface area contributed by atoms with Crippen molar-refractivity contribution < 1.29 is 5.11 Å². The average Bonchev–Trinajstić information content (AvgIpc) is 2.81. The molecule has 0 unspecified atom stereocenters. The van der Waals surface area contributed by atoms with E-state index in [2.05, 4.69) is 53.6 Å². The molecule has 2 N–H and O–H groups in total. The molecule has 0 bridgehead atoms. The molecule has 2 aromatic carbocycles. The van der Waals surface area contributed by atoms with Gasteiger partial charge in [0.25, 0.3) is 0 Å². The second-order valence-electron chi connectivity index (χ2n) is 6.46. The summed E-state index contributed by atoms with van der Waals surface area (Å²) in [5, 5.41) is 13.9. The largest absolute Gasteiger partial charge is 0.508 e. The molecule has 0 aliphatic carbocycles. The number of nitrogens with one attached hydrogen (secondary N) is 1. The second kappa shape index (κ2) is 12.9. The standard InChI is InChI=1S/C24H26N2OS.C2H6/c1-3-22(18-7-5-4-6-8-18)24(19-9-12-21(27)13-10-19)20-11-14-23(26-17-20)28-16-15-25-2;1-2/h4-14,17,25,27H,3,15-16H2,1-2H3;1-2H3/b24-22-;. The van der Waals surface area contributed by atoms with E-state index in [-0.39, 0.29) is 5.75 Å². The van der Waals surface area contributed by atoms with Gasteiger partial charge in [0.2, 0.25) is 0 Å². The minimum atomic E-state index is 0.273. The zero-order valence-electron chi connectivity index (χ0n) is 18.4. The highest BCUT2D eigenvalue weighted by Gasteiger charge is 2.13. The smallest absolute Gasteiger partial charge is 0.115 e. The first kappa shape index (κ1) is 23.7. The molecule has 0 aliphatic rings. The van der Waals surface area contributed by atoms with Gasteiger partial charge in [-0.15, -0.1) is 11.8 Å². The number of rotatable bonds is 8. The summed E-state index contributed by atoms with van der Waals surface area (Å²) in [5.74, 6) is 1.27. The van der Waals surface area contributed by atoms with Crippen LogP contribution < -0.4 is 5.32 Å². The Kier molecular flexibility index (Phi) is 10.2. The number of nitrogens with zero attached hydrogens (tertiary/aromatic N) is 1. The molecule has 158 valence electrons. The fourth-order valence-electron chi connectivity index (χ4n) is 3.18. The molecule has 3 aromatic rings. The van der Waals surface area contributed by atoms with Crippen molar-refractivity contribution in [2.45, 2.75) is 32.2 Å². The molecule has 30 heavy (non-hydrogen) atoms. The number of thioether (sulfide) groups is 1. The maximum Gasteiger partial charge on any atom is 0.115 e. The SMILES string of the molecule is CC.CC/C(=C(\c1ccc(O)cc1)c1ccc(SCCNC)nc1)c1ccccc1. The molecule has 0 saturated carbocycles. The van der Waals surface area contributed by atoms with Gasteiger partial charge in [-0.2, -0.15) is 0 Å². The van der Waals surface area contributed by atoms with E-state index in [1.165, 1.54) is 11.1 Å². The first-order chi connectivity index (χ1) is 14.7. The van der Waals surface area contributed by atoms with Gasteiger partial charge < -0.3 is 10.4 Å². The zero-order valence-corrected chi connectivity index (χ0v) is 19.2. The van der Waals surface area contributed by atoms with Crippen LogP contribution in [0.1, 0.15) is 43.9 Å². The molecular formula is C26H32N2OS. The van der Waals surface area contributed by atoms with Crippen molar-refractivity contribution in [3.8, 4) is 5.75 Å². The Hall–Kier alpha value is -2.56. The summed E-state index contributed by atoms with van der Waals surface area (Å²) in [6, 6.07) is 22.1. The highest BCUT2D eigenvalue weighted by Crippen LogP contribution is 2.35. The van der Waals surface area contributed by atoms with Gasteiger partial charge in [-0.25, -0.2) is 4.98 Å². The van der Waals surface area contributed by atoms with E-state index < -0.39 is 0 Å². The molecule has 1 heterocycles. The Morgan fingerprint density at radius 2 is 1.57 bits per heavy atom. The fourth-order valence-corrected chi connectivity index (χ4v) is 3.99. The first-order valence-electron chi connectivity index (χ1n) is 10.5. The molecule has 0 radical (unpaired) electrons. The number of phenols is 1. The van der Waals surface area contributed by atoms with Crippen LogP contribution in [-0.4, -0.2) is 29.4 Å². The summed E-state index contributed by atoms with van der Waals surface area (Å²) in [6.45, 7) is 7.14. The monoisotopic (exact) mass is 420 g/mol. The van der Waals surface area contributed by atoms with Gasteiger partial charge in [0.05, 0.1) is 5.03 Å². The van der Waals surface area contributed by atoms with Crippen LogP contribution in [0.4, 0.5) is 0 Å². The lowest BCUT2D eigenvalue weighted by Crippen LogP contribution is -2.09. The van der Waals surface area contributed by atoms with E-state index in [1.807, 2.05) is 45.3 Å². The van der Waals surface area contributed by atoms with Crippen LogP contribution in [-0.2, 0) is 0 Å². The second-order valence-corrected chi connectivity index (χ2v) is 7.57. The summed E-state index contributed by atoms with van der Waals surface area (Å²) in [5.41, 5.74) is 5.80. The lowest BCUT2D eigenvalue weighted by atomic mass is 9.89. The normalized spacial score (nSPS) is 11.3. The van der Waals surface area contributed by atoms with Crippen molar-refractivity contribution in [2.75, 3.05) is 19.3 Å². The lowest BCUT2D eigenvalue weighted by molar-refractivity contribution is 0.475. The number of phenolic OH excluding ortho intramolecular Hbond substituents is 1. The van der Waals surface area contributed by atoms with Crippen molar-refractivity contribution in [1.29, 1.82) is 0 Å². The van der Waals surface area contributed by atoms with Gasteiger partial charge in [-0.1, -0.05) is 69.3 Å². The van der Waals surface area contributed by atoms with Crippen molar-refractivity contribution >= 4 is 22.9 Å². The molecule has 3 rings (SSSR count). The summed E-state index contributed by atoms with van der Waals surface area (Å²) in [6.07, 6.45) is 2.86. The number of aromatic hydroxyl groups is 1. The van der Waals surface area contributed by atoms with Crippen LogP contribution in [0, 0.1) is 0 Å². The van der Waals surface area contributed by atoms with Gasteiger partial charge in [0.1, 0.15) is 5.75 Å². The van der Waals surface area contributed by atoms with Crippen molar-refractivity contribution in [3.05, 3.63) is 89.6 Å². The predicted molar refractivity (Wildman–Crippen MR) is 131 cm³/mol. The van der Waals surface area contributed by atoms with Crippen LogP contribution >= 0.6 is 11.8 Å². The molecule has 3 nitrogen and oxygen atoms in total. The Morgan fingerprint density at radius 1 is 0.900 bits per heavy atom. The van der Waals surface area contributed by atoms with Gasteiger partial charge in [-0.3, -0.25) is 0 Å². The number of benzene rings is 2. The van der Waals surface area contributed by atoms with Crippen LogP contribution in [0.2, 0.25) is 0 Å². The minimum Gasteiger partial charge on any atom is -0.508 e. The Morgan fingerprint density at radius 3 is 2.13 bits per heavy atom. The predicted octanol–water partition coefficient (Wildman–Crippen LogP) is 6.49. The van der Waals surface area contributed by atoms with E-state index >= 15 is 0 Å². The first-order valence-corrected chi connectivity index (χ1v) is 11.5. The molecule has 0 aliphatic heterocycles. The lowest BCUT2D eigenvalue weighted by Gasteiger charge is -2.16. The molecule has 0 amide bonds. The van der Waals surface area contributed by atoms with Gasteiger partial charge in [0.15, 0.2) is 0 Å². The molecule has 0 spiro atoms. The molecule has 4 heteroatoms. The highest BCUT2D eigenvalue weighted by atomic mass is 32.2. The number of pyridine rings is 1. The third-order valence-electron chi connectivity index (χ3n) is 4.56. The van der Waals surface area contributed by atoms with E-state index in [0.717, 1.165) is 40.4 Å². The van der Waals surface area contributed by atoms with Crippen LogP contribution in [0.15, 0.2) is 78.0 Å². The van der Waals surface area contributed by atoms with E-state index in [9.17, 15) is 5.11 Å². The van der Waals surface area contributed by atoms with Gasteiger partial charge in [0, 0.05) is 24.1 Å². The van der Waals surface area contributed by atoms with Gasteiger partial charge in [-0.05, 0) is 53.9 Å². The van der Waals surface area contributed by atoms with Crippen molar-refractivity contribution in [3.63, 3.8) is 0 Å². The average molecular weight is 421 g/mol. The molecule has 0 fully saturated rings. The Bertz CT molecular complexity index is 904. The van der Waals surface area contributed by atoms with E-state index in [0.29, 0.717) is 0 Å². The molecule has 1 aromatic heterocycles. The summed E-state index contributed by atoms with van der Waals surface area (Å²) >= 11 is 1.75. The number of aromatic nitrogens is 1. The fraction of sp³-hybridized carbons (Fsp3) is 0.269. The van der Waals surface area contributed by atoms with Gasteiger partial charge >= 0.3 is 0 Å². The Labute approximate surface area is 185 Å². The van der Waals surface area contributed by atoms with E-state index in [4.69, 9.17) is 0 Å².